The minimum absolute atomic E-state index is 0.658. The van der Waals surface area contributed by atoms with Crippen LogP contribution in [0.1, 0.15) is 13.3 Å². The highest BCUT2D eigenvalue weighted by molar-refractivity contribution is 5.43. The van der Waals surface area contributed by atoms with Crippen LogP contribution in [0.15, 0.2) is 34.8 Å². The lowest BCUT2D eigenvalue weighted by molar-refractivity contribution is 0.529. The van der Waals surface area contributed by atoms with Crippen molar-refractivity contribution in [3.8, 4) is 0 Å². The summed E-state index contributed by atoms with van der Waals surface area (Å²) in [5.74, 6) is 1.34. The third kappa shape index (κ3) is 1.43. The zero-order valence-corrected chi connectivity index (χ0v) is 8.22. The molecule has 1 nitrogen and oxygen atoms in total. The molecule has 0 radical (unpaired) electrons. The molecular formula is C12H15N. The van der Waals surface area contributed by atoms with Crippen molar-refractivity contribution in [2.75, 3.05) is 13.6 Å². The normalized spacial score (nSPS) is 30.0. The first-order chi connectivity index (χ1) is 6.33. The van der Waals surface area contributed by atoms with Crippen LogP contribution in [-0.2, 0) is 0 Å². The molecule has 0 spiro atoms. The van der Waals surface area contributed by atoms with Crippen LogP contribution in [0.4, 0.5) is 0 Å². The van der Waals surface area contributed by atoms with Crippen molar-refractivity contribution in [1.29, 1.82) is 0 Å². The van der Waals surface area contributed by atoms with Crippen LogP contribution in [0, 0.1) is 11.8 Å². The molecule has 0 saturated heterocycles. The highest BCUT2D eigenvalue weighted by atomic mass is 14.8. The van der Waals surface area contributed by atoms with E-state index in [1.54, 1.807) is 0 Å². The van der Waals surface area contributed by atoms with Crippen LogP contribution >= 0.6 is 0 Å². The maximum absolute atomic E-state index is 3.25. The molecule has 0 aromatic carbocycles. The minimum atomic E-state index is 0.658. The molecule has 0 aromatic rings. The highest BCUT2D eigenvalue weighted by Crippen LogP contribution is 2.40. The molecule has 2 aliphatic rings. The van der Waals surface area contributed by atoms with Crippen LogP contribution in [0.2, 0.25) is 0 Å². The molecule has 68 valence electrons. The molecule has 2 aliphatic carbocycles. The lowest BCUT2D eigenvalue weighted by Crippen LogP contribution is -2.17. The lowest BCUT2D eigenvalue weighted by atomic mass is 9.99. The summed E-state index contributed by atoms with van der Waals surface area (Å²) in [6.07, 6.45) is 5.42. The summed E-state index contributed by atoms with van der Waals surface area (Å²) in [4.78, 5) is 0. The summed E-state index contributed by atoms with van der Waals surface area (Å²) in [6, 6.07) is 0. The summed E-state index contributed by atoms with van der Waals surface area (Å²) < 4.78 is 0. The number of rotatable bonds is 2. The third-order valence-electron chi connectivity index (χ3n) is 2.89. The van der Waals surface area contributed by atoms with Gasteiger partial charge in [0.05, 0.1) is 0 Å². The summed E-state index contributed by atoms with van der Waals surface area (Å²) in [6.45, 7) is 3.36. The minimum Gasteiger partial charge on any atom is -0.319 e. The van der Waals surface area contributed by atoms with Crippen molar-refractivity contribution in [2.45, 2.75) is 13.3 Å². The van der Waals surface area contributed by atoms with E-state index in [4.69, 9.17) is 0 Å². The second-order valence-electron chi connectivity index (χ2n) is 3.86. The second kappa shape index (κ2) is 3.40. The Morgan fingerprint density at radius 1 is 1.62 bits per heavy atom. The fourth-order valence-corrected chi connectivity index (χ4v) is 2.29. The molecule has 2 unspecified atom stereocenters. The van der Waals surface area contributed by atoms with Gasteiger partial charge in [0.15, 0.2) is 0 Å². The Kier molecular flexibility index (Phi) is 2.24. The van der Waals surface area contributed by atoms with E-state index in [0.717, 1.165) is 6.54 Å². The van der Waals surface area contributed by atoms with Gasteiger partial charge in [-0.1, -0.05) is 18.4 Å². The predicted molar refractivity (Wildman–Crippen MR) is 54.4 cm³/mol. The van der Waals surface area contributed by atoms with Gasteiger partial charge in [-0.05, 0) is 43.0 Å². The Labute approximate surface area is 79.5 Å². The topological polar surface area (TPSA) is 12.0 Å². The van der Waals surface area contributed by atoms with Crippen LogP contribution < -0.4 is 5.32 Å². The first-order valence-electron chi connectivity index (χ1n) is 4.89. The van der Waals surface area contributed by atoms with E-state index >= 15 is 0 Å². The molecule has 0 bridgehead atoms. The molecule has 2 atom stereocenters. The zero-order chi connectivity index (χ0) is 9.26. The van der Waals surface area contributed by atoms with E-state index < -0.39 is 0 Å². The van der Waals surface area contributed by atoms with Crippen LogP contribution in [-0.4, -0.2) is 13.6 Å². The van der Waals surface area contributed by atoms with E-state index in [2.05, 4.69) is 29.8 Å². The number of fused-ring (bicyclic) bond motifs is 1. The molecule has 2 rings (SSSR count). The van der Waals surface area contributed by atoms with Gasteiger partial charge in [-0.2, -0.15) is 0 Å². The Morgan fingerprint density at radius 2 is 2.46 bits per heavy atom. The van der Waals surface area contributed by atoms with Crippen LogP contribution in [0.3, 0.4) is 0 Å². The van der Waals surface area contributed by atoms with E-state index in [0.29, 0.717) is 11.8 Å². The summed E-state index contributed by atoms with van der Waals surface area (Å²) in [5, 5.41) is 3.25. The second-order valence-corrected chi connectivity index (χ2v) is 3.86. The van der Waals surface area contributed by atoms with Crippen molar-refractivity contribution in [3.05, 3.63) is 34.8 Å². The number of nitrogens with one attached hydrogen (secondary N) is 1. The smallest absolute Gasteiger partial charge is 0.00878 e. The Hall–Kier alpha value is -1.00. The van der Waals surface area contributed by atoms with E-state index in [1.807, 2.05) is 13.1 Å². The standard InChI is InChI=1S/C12H15N/c1-9-7-10(8-13-2)12-6-4-3-5-11(9)12/h4,6,9-10,13H,7-8H2,1-2H3. The monoisotopic (exact) mass is 173 g/mol. The largest absolute Gasteiger partial charge is 0.319 e. The molecule has 1 saturated carbocycles. The van der Waals surface area contributed by atoms with Gasteiger partial charge in [-0.3, -0.25) is 0 Å². The molecular weight excluding hydrogens is 158 g/mol. The quantitative estimate of drug-likeness (QED) is 0.630. The van der Waals surface area contributed by atoms with Crippen molar-refractivity contribution in [3.63, 3.8) is 0 Å². The van der Waals surface area contributed by atoms with Gasteiger partial charge in [0.25, 0.3) is 0 Å². The number of hydrogen-bond acceptors (Lipinski definition) is 1. The van der Waals surface area contributed by atoms with Crippen molar-refractivity contribution in [1.82, 2.24) is 5.32 Å². The highest BCUT2D eigenvalue weighted by Gasteiger charge is 2.30. The van der Waals surface area contributed by atoms with Crippen molar-refractivity contribution >= 4 is 0 Å². The van der Waals surface area contributed by atoms with Gasteiger partial charge < -0.3 is 5.32 Å². The van der Waals surface area contributed by atoms with Gasteiger partial charge in [0, 0.05) is 12.1 Å². The van der Waals surface area contributed by atoms with Crippen LogP contribution in [0.5, 0.6) is 0 Å². The molecule has 0 aliphatic heterocycles. The summed E-state index contributed by atoms with van der Waals surface area (Å²) >= 11 is 0. The molecule has 1 N–H and O–H groups in total. The van der Waals surface area contributed by atoms with Crippen LogP contribution in [0.25, 0.3) is 0 Å². The Morgan fingerprint density at radius 3 is 3.23 bits per heavy atom. The van der Waals surface area contributed by atoms with Gasteiger partial charge in [0.1, 0.15) is 0 Å². The van der Waals surface area contributed by atoms with E-state index in [1.165, 1.54) is 17.6 Å². The molecule has 13 heavy (non-hydrogen) atoms. The molecule has 0 heterocycles. The molecule has 1 fully saturated rings. The molecule has 0 amide bonds. The SMILES string of the molecule is CNCC1CC(C)C2=C=C=CC=C21. The van der Waals surface area contributed by atoms with E-state index in [-0.39, 0.29) is 0 Å². The number of hydrogen-bond donors (Lipinski definition) is 1. The van der Waals surface area contributed by atoms with Gasteiger partial charge in [-0.15, -0.1) is 0 Å². The number of allylic oxidation sites excluding steroid dienone is 3. The third-order valence-corrected chi connectivity index (χ3v) is 2.89. The Bertz CT molecular complexity index is 336. The van der Waals surface area contributed by atoms with Crippen molar-refractivity contribution in [2.24, 2.45) is 11.8 Å². The lowest BCUT2D eigenvalue weighted by Gasteiger charge is -2.10. The first-order valence-corrected chi connectivity index (χ1v) is 4.89. The van der Waals surface area contributed by atoms with Gasteiger partial charge in [-0.25, -0.2) is 0 Å². The maximum Gasteiger partial charge on any atom is 0.00878 e. The Balaban J connectivity index is 2.29. The molecule has 1 heteroatoms. The van der Waals surface area contributed by atoms with Crippen molar-refractivity contribution < 1.29 is 0 Å². The fraction of sp³-hybridized carbons (Fsp3) is 0.500. The fourth-order valence-electron chi connectivity index (χ4n) is 2.29. The summed E-state index contributed by atoms with van der Waals surface area (Å²) in [7, 11) is 2.02. The van der Waals surface area contributed by atoms with E-state index in [9.17, 15) is 0 Å². The van der Waals surface area contributed by atoms with Gasteiger partial charge >= 0.3 is 0 Å². The first kappa shape index (κ1) is 8.59. The predicted octanol–water partition coefficient (Wildman–Crippen LogP) is 2.04. The molecule has 0 aromatic heterocycles. The maximum atomic E-state index is 3.25. The zero-order valence-electron chi connectivity index (χ0n) is 8.22. The average Bonchev–Trinajstić information content (AvgIpc) is 2.46. The summed E-state index contributed by atoms with van der Waals surface area (Å²) in [5.41, 5.74) is 9.12. The average molecular weight is 173 g/mol. The van der Waals surface area contributed by atoms with Gasteiger partial charge in [0.2, 0.25) is 0 Å².